The van der Waals surface area contributed by atoms with Crippen molar-refractivity contribution in [3.05, 3.63) is 42.0 Å². The Morgan fingerprint density at radius 1 is 1.20 bits per heavy atom. The van der Waals surface area contributed by atoms with E-state index in [0.29, 0.717) is 0 Å². The number of benzene rings is 1. The van der Waals surface area contributed by atoms with Crippen LogP contribution in [0.3, 0.4) is 0 Å². The molecule has 0 aromatic heterocycles. The fourth-order valence-electron chi connectivity index (χ4n) is 1.12. The lowest BCUT2D eigenvalue weighted by Crippen LogP contribution is -2.18. The van der Waals surface area contributed by atoms with Gasteiger partial charge in [-0.05, 0) is 5.56 Å². The molecule has 0 aliphatic rings. The Balaban J connectivity index is 0.000000511. The Morgan fingerprint density at radius 2 is 1.80 bits per heavy atom. The molecule has 0 bridgehead atoms. The summed E-state index contributed by atoms with van der Waals surface area (Å²) in [6.45, 7) is 2.55. The van der Waals surface area contributed by atoms with Crippen molar-refractivity contribution in [3.63, 3.8) is 0 Å². The van der Waals surface area contributed by atoms with E-state index in [1.165, 1.54) is 5.56 Å². The van der Waals surface area contributed by atoms with Gasteiger partial charge in [0.05, 0.1) is 6.61 Å². The third kappa shape index (κ3) is 10.9. The SMILES string of the molecule is COCCNCC=Cc1ccccc1.O=C(O)C(=O)O. The van der Waals surface area contributed by atoms with Crippen LogP contribution < -0.4 is 5.32 Å². The van der Waals surface area contributed by atoms with Gasteiger partial charge in [-0.2, -0.15) is 0 Å². The fraction of sp³-hybridized carbons (Fsp3) is 0.286. The lowest BCUT2D eigenvalue weighted by molar-refractivity contribution is -0.159. The largest absolute Gasteiger partial charge is 0.473 e. The Bertz CT molecular complexity index is 405. The molecule has 0 saturated carbocycles. The molecule has 0 spiro atoms. The number of carboxylic acid groups (broad SMARTS) is 2. The Labute approximate surface area is 117 Å². The number of hydrogen-bond donors (Lipinski definition) is 3. The van der Waals surface area contributed by atoms with Crippen molar-refractivity contribution in [2.75, 3.05) is 26.8 Å². The summed E-state index contributed by atoms with van der Waals surface area (Å²) in [7, 11) is 1.71. The Morgan fingerprint density at radius 3 is 2.30 bits per heavy atom. The second-order valence-corrected chi connectivity index (χ2v) is 3.62. The van der Waals surface area contributed by atoms with Crippen LogP contribution in [0.4, 0.5) is 0 Å². The van der Waals surface area contributed by atoms with Crippen LogP contribution in [-0.4, -0.2) is 49.0 Å². The summed E-state index contributed by atoms with van der Waals surface area (Å²) in [5, 5.41) is 18.0. The van der Waals surface area contributed by atoms with E-state index in [0.717, 1.165) is 19.7 Å². The highest BCUT2D eigenvalue weighted by Crippen LogP contribution is 1.99. The first-order valence-corrected chi connectivity index (χ1v) is 5.95. The summed E-state index contributed by atoms with van der Waals surface area (Å²) < 4.78 is 4.92. The van der Waals surface area contributed by atoms with Crippen LogP contribution in [0.15, 0.2) is 36.4 Å². The molecule has 3 N–H and O–H groups in total. The van der Waals surface area contributed by atoms with E-state index in [1.807, 2.05) is 18.2 Å². The van der Waals surface area contributed by atoms with Crippen molar-refractivity contribution in [2.24, 2.45) is 0 Å². The summed E-state index contributed by atoms with van der Waals surface area (Å²) in [6.07, 6.45) is 4.23. The molecular formula is C14H19NO5. The van der Waals surface area contributed by atoms with Gasteiger partial charge in [-0.3, -0.25) is 0 Å². The first-order valence-electron chi connectivity index (χ1n) is 5.95. The number of nitrogens with one attached hydrogen (secondary N) is 1. The van der Waals surface area contributed by atoms with E-state index in [-0.39, 0.29) is 0 Å². The van der Waals surface area contributed by atoms with Crippen LogP contribution in [0.5, 0.6) is 0 Å². The lowest BCUT2D eigenvalue weighted by Gasteiger charge is -1.98. The molecule has 0 saturated heterocycles. The van der Waals surface area contributed by atoms with Crippen LogP contribution in [0, 0.1) is 0 Å². The molecule has 1 rings (SSSR count). The normalized spacial score (nSPS) is 9.85. The van der Waals surface area contributed by atoms with Crippen molar-refractivity contribution >= 4 is 18.0 Å². The standard InChI is InChI=1S/C12H17NO.C2H2O4/c1-14-11-10-13-9-5-8-12-6-3-2-4-7-12;3-1(4)2(5)6/h2-8,13H,9-11H2,1H3;(H,3,4)(H,5,6). The second-order valence-electron chi connectivity index (χ2n) is 3.62. The van der Waals surface area contributed by atoms with Crippen LogP contribution in [-0.2, 0) is 14.3 Å². The minimum Gasteiger partial charge on any atom is -0.473 e. The first-order chi connectivity index (χ1) is 9.57. The molecule has 0 unspecified atom stereocenters. The molecule has 20 heavy (non-hydrogen) atoms. The number of carboxylic acids is 2. The van der Waals surface area contributed by atoms with Gasteiger partial charge >= 0.3 is 11.9 Å². The average molecular weight is 281 g/mol. The van der Waals surface area contributed by atoms with Gasteiger partial charge in [0.15, 0.2) is 0 Å². The Hall–Kier alpha value is -2.18. The highest BCUT2D eigenvalue weighted by atomic mass is 16.5. The number of rotatable bonds is 6. The van der Waals surface area contributed by atoms with Crippen LogP contribution in [0.2, 0.25) is 0 Å². The van der Waals surface area contributed by atoms with E-state index in [1.54, 1.807) is 7.11 Å². The maximum Gasteiger partial charge on any atom is 0.414 e. The van der Waals surface area contributed by atoms with E-state index < -0.39 is 11.9 Å². The van der Waals surface area contributed by atoms with Crippen LogP contribution >= 0.6 is 0 Å². The predicted molar refractivity (Wildman–Crippen MR) is 75.5 cm³/mol. The summed E-state index contributed by atoms with van der Waals surface area (Å²) >= 11 is 0. The second kappa shape index (κ2) is 11.9. The van der Waals surface area contributed by atoms with Crippen LogP contribution in [0.25, 0.3) is 6.08 Å². The summed E-state index contributed by atoms with van der Waals surface area (Å²) in [5.41, 5.74) is 1.24. The van der Waals surface area contributed by atoms with Crippen molar-refractivity contribution in [3.8, 4) is 0 Å². The molecule has 110 valence electrons. The molecule has 1 aromatic rings. The Kier molecular flexibility index (Phi) is 10.6. The van der Waals surface area contributed by atoms with Gasteiger partial charge in [-0.15, -0.1) is 0 Å². The molecule has 0 aliphatic heterocycles. The number of methoxy groups -OCH3 is 1. The highest BCUT2D eigenvalue weighted by Gasteiger charge is 2.04. The fourth-order valence-corrected chi connectivity index (χ4v) is 1.12. The molecule has 0 aliphatic carbocycles. The number of aliphatic carboxylic acids is 2. The van der Waals surface area contributed by atoms with Gasteiger partial charge in [0.2, 0.25) is 0 Å². The number of hydrogen-bond acceptors (Lipinski definition) is 4. The van der Waals surface area contributed by atoms with Gasteiger partial charge in [-0.1, -0.05) is 42.5 Å². The number of carbonyl (C=O) groups is 2. The monoisotopic (exact) mass is 281 g/mol. The summed E-state index contributed by atoms with van der Waals surface area (Å²) in [6, 6.07) is 10.3. The molecule has 0 amide bonds. The zero-order valence-electron chi connectivity index (χ0n) is 11.3. The minimum atomic E-state index is -1.82. The molecule has 6 nitrogen and oxygen atoms in total. The van der Waals surface area contributed by atoms with Gasteiger partial charge in [0.25, 0.3) is 0 Å². The first kappa shape index (κ1) is 17.8. The summed E-state index contributed by atoms with van der Waals surface area (Å²) in [5.74, 6) is -3.65. The highest BCUT2D eigenvalue weighted by molar-refractivity contribution is 6.27. The van der Waals surface area contributed by atoms with E-state index >= 15 is 0 Å². The zero-order chi connectivity index (χ0) is 15.2. The van der Waals surface area contributed by atoms with Gasteiger partial charge in [0, 0.05) is 20.2 Å². The average Bonchev–Trinajstić information content (AvgIpc) is 2.44. The maximum atomic E-state index is 9.10. The molecule has 0 atom stereocenters. The molecule has 0 radical (unpaired) electrons. The van der Waals surface area contributed by atoms with Crippen molar-refractivity contribution in [1.82, 2.24) is 5.32 Å². The third-order valence-electron chi connectivity index (χ3n) is 2.04. The van der Waals surface area contributed by atoms with Gasteiger partial charge in [0.1, 0.15) is 0 Å². The quantitative estimate of drug-likeness (QED) is 0.533. The number of ether oxygens (including phenoxy) is 1. The zero-order valence-corrected chi connectivity index (χ0v) is 11.3. The molecule has 0 heterocycles. The predicted octanol–water partition coefficient (Wildman–Crippen LogP) is 1.09. The van der Waals surface area contributed by atoms with E-state index in [2.05, 4.69) is 29.6 Å². The van der Waals surface area contributed by atoms with Crippen LogP contribution in [0.1, 0.15) is 5.56 Å². The third-order valence-corrected chi connectivity index (χ3v) is 2.04. The van der Waals surface area contributed by atoms with Gasteiger partial charge in [-0.25, -0.2) is 9.59 Å². The van der Waals surface area contributed by atoms with E-state index in [9.17, 15) is 0 Å². The topological polar surface area (TPSA) is 95.9 Å². The van der Waals surface area contributed by atoms with E-state index in [4.69, 9.17) is 24.5 Å². The lowest BCUT2D eigenvalue weighted by atomic mass is 10.2. The maximum absolute atomic E-state index is 9.10. The summed E-state index contributed by atoms with van der Waals surface area (Å²) in [4.78, 5) is 18.2. The molecule has 0 fully saturated rings. The van der Waals surface area contributed by atoms with Crippen molar-refractivity contribution < 1.29 is 24.5 Å². The van der Waals surface area contributed by atoms with Crippen molar-refractivity contribution in [2.45, 2.75) is 0 Å². The molecule has 1 aromatic carbocycles. The minimum absolute atomic E-state index is 0.763. The smallest absolute Gasteiger partial charge is 0.414 e. The molecule has 6 heteroatoms. The van der Waals surface area contributed by atoms with Crippen molar-refractivity contribution in [1.29, 1.82) is 0 Å². The molecular weight excluding hydrogens is 262 g/mol. The van der Waals surface area contributed by atoms with Gasteiger partial charge < -0.3 is 20.3 Å².